The molecule has 0 aromatic heterocycles. The summed E-state index contributed by atoms with van der Waals surface area (Å²) in [5.74, 6) is -0.736. The lowest BCUT2D eigenvalue weighted by atomic mass is 9.99. The van der Waals surface area contributed by atoms with Gasteiger partial charge in [0.05, 0.1) is 19.1 Å². The Labute approximate surface area is 126 Å². The average molecular weight is 317 g/mol. The lowest BCUT2D eigenvalue weighted by Gasteiger charge is -2.24. The Kier molecular flexibility index (Phi) is 4.95. The Morgan fingerprint density at radius 2 is 2.00 bits per heavy atom. The smallest absolute Gasteiger partial charge is 0.412 e. The number of nitrogens with one attached hydrogen (secondary N) is 1. The molecule has 2 rings (SSSR count). The van der Waals surface area contributed by atoms with Gasteiger partial charge in [0.1, 0.15) is 5.75 Å². The van der Waals surface area contributed by atoms with Gasteiger partial charge in [0.2, 0.25) is 5.91 Å². The molecule has 1 aromatic carbocycles. The van der Waals surface area contributed by atoms with Gasteiger partial charge in [0, 0.05) is 6.61 Å². The van der Waals surface area contributed by atoms with Crippen LogP contribution in [0, 0.1) is 5.92 Å². The van der Waals surface area contributed by atoms with E-state index < -0.39 is 24.0 Å². The van der Waals surface area contributed by atoms with Crippen LogP contribution in [0.15, 0.2) is 24.3 Å². The van der Waals surface area contributed by atoms with E-state index in [1.807, 2.05) is 0 Å². The number of benzene rings is 1. The molecule has 0 saturated carbocycles. The van der Waals surface area contributed by atoms with E-state index in [0.717, 1.165) is 0 Å². The highest BCUT2D eigenvalue weighted by Crippen LogP contribution is 2.34. The molecule has 1 saturated heterocycles. The van der Waals surface area contributed by atoms with Crippen molar-refractivity contribution in [1.29, 1.82) is 0 Å². The predicted octanol–water partition coefficient (Wildman–Crippen LogP) is 2.84. The van der Waals surface area contributed by atoms with E-state index >= 15 is 0 Å². The van der Waals surface area contributed by atoms with Gasteiger partial charge < -0.3 is 14.8 Å². The summed E-state index contributed by atoms with van der Waals surface area (Å²) < 4.78 is 49.9. The van der Waals surface area contributed by atoms with Crippen LogP contribution in [0.3, 0.4) is 0 Å². The quantitative estimate of drug-likeness (QED) is 0.929. The maximum atomic E-state index is 13.3. The van der Waals surface area contributed by atoms with Crippen molar-refractivity contribution in [2.24, 2.45) is 5.92 Å². The van der Waals surface area contributed by atoms with Crippen molar-refractivity contribution in [3.63, 3.8) is 0 Å². The predicted molar refractivity (Wildman–Crippen MR) is 73.5 cm³/mol. The van der Waals surface area contributed by atoms with E-state index in [0.29, 0.717) is 18.8 Å². The van der Waals surface area contributed by atoms with E-state index in [-0.39, 0.29) is 11.7 Å². The summed E-state index contributed by atoms with van der Waals surface area (Å²) in [6, 6.07) is 3.42. The van der Waals surface area contributed by atoms with Crippen LogP contribution in [0.5, 0.6) is 5.75 Å². The largest absolute Gasteiger partial charge is 0.497 e. The zero-order chi connectivity index (χ0) is 16.3. The fourth-order valence-electron chi connectivity index (χ4n) is 2.48. The molecule has 1 N–H and O–H groups in total. The third-order valence-corrected chi connectivity index (χ3v) is 3.78. The molecule has 0 bridgehead atoms. The van der Waals surface area contributed by atoms with Gasteiger partial charge in [-0.2, -0.15) is 13.2 Å². The van der Waals surface area contributed by atoms with Gasteiger partial charge in [-0.05, 0) is 31.0 Å². The van der Waals surface area contributed by atoms with Gasteiger partial charge in [0.25, 0.3) is 0 Å². The second-order valence-corrected chi connectivity index (χ2v) is 5.23. The minimum absolute atomic E-state index is 0.0341. The van der Waals surface area contributed by atoms with E-state index in [1.54, 1.807) is 6.92 Å². The van der Waals surface area contributed by atoms with Crippen molar-refractivity contribution >= 4 is 5.91 Å². The summed E-state index contributed by atoms with van der Waals surface area (Å²) in [6.45, 7) is 2.08. The number of amides is 1. The van der Waals surface area contributed by atoms with Crippen molar-refractivity contribution in [1.82, 2.24) is 5.32 Å². The van der Waals surface area contributed by atoms with Crippen LogP contribution in [0.25, 0.3) is 0 Å². The van der Waals surface area contributed by atoms with Crippen LogP contribution >= 0.6 is 0 Å². The molecule has 1 fully saturated rings. The van der Waals surface area contributed by atoms with Crippen molar-refractivity contribution in [3.05, 3.63) is 29.8 Å². The minimum atomic E-state index is -4.58. The van der Waals surface area contributed by atoms with E-state index in [4.69, 9.17) is 9.47 Å². The van der Waals surface area contributed by atoms with Gasteiger partial charge in [-0.1, -0.05) is 12.1 Å². The maximum Gasteiger partial charge on any atom is 0.412 e. The Balaban J connectivity index is 2.17. The van der Waals surface area contributed by atoms with Gasteiger partial charge in [-0.15, -0.1) is 0 Å². The van der Waals surface area contributed by atoms with Crippen LogP contribution in [-0.2, 0) is 9.53 Å². The monoisotopic (exact) mass is 317 g/mol. The first-order chi connectivity index (χ1) is 10.3. The maximum absolute atomic E-state index is 13.3. The molecule has 0 unspecified atom stereocenters. The Morgan fingerprint density at radius 3 is 2.45 bits per heavy atom. The molecule has 122 valence electrons. The molecular formula is C15H18F3NO3. The molecule has 1 heterocycles. The number of hydrogen-bond donors (Lipinski definition) is 1. The highest BCUT2D eigenvalue weighted by molar-refractivity contribution is 5.80. The molecule has 1 aromatic rings. The first-order valence-corrected chi connectivity index (χ1v) is 6.95. The summed E-state index contributed by atoms with van der Waals surface area (Å²) >= 11 is 0. The molecule has 0 spiro atoms. The molecule has 1 aliphatic heterocycles. The highest BCUT2D eigenvalue weighted by atomic mass is 19.4. The first kappa shape index (κ1) is 16.6. The van der Waals surface area contributed by atoms with Gasteiger partial charge in [-0.3, -0.25) is 4.79 Å². The number of carbonyl (C=O) groups excluding carboxylic acids is 1. The molecule has 1 amide bonds. The van der Waals surface area contributed by atoms with Crippen LogP contribution in [0.4, 0.5) is 13.2 Å². The lowest BCUT2D eigenvalue weighted by Crippen LogP contribution is -2.42. The molecule has 0 aliphatic carbocycles. The third-order valence-electron chi connectivity index (χ3n) is 3.78. The number of alkyl halides is 3. The molecule has 1 aliphatic rings. The van der Waals surface area contributed by atoms with Gasteiger partial charge >= 0.3 is 6.18 Å². The molecule has 22 heavy (non-hydrogen) atoms. The Bertz CT molecular complexity index is 516. The number of hydrogen-bond acceptors (Lipinski definition) is 3. The second-order valence-electron chi connectivity index (χ2n) is 5.23. The fourth-order valence-corrected chi connectivity index (χ4v) is 2.48. The van der Waals surface area contributed by atoms with Crippen LogP contribution in [-0.4, -0.2) is 31.9 Å². The zero-order valence-corrected chi connectivity index (χ0v) is 12.3. The van der Waals surface area contributed by atoms with Crippen LogP contribution in [0.1, 0.15) is 24.9 Å². The molecule has 0 radical (unpaired) electrons. The van der Waals surface area contributed by atoms with Crippen LogP contribution in [0.2, 0.25) is 0 Å². The molecule has 7 heteroatoms. The second kappa shape index (κ2) is 6.56. The average Bonchev–Trinajstić information content (AvgIpc) is 2.90. The van der Waals surface area contributed by atoms with Crippen molar-refractivity contribution in [3.8, 4) is 5.75 Å². The zero-order valence-electron chi connectivity index (χ0n) is 12.3. The normalized spacial score (nSPS) is 23.1. The summed E-state index contributed by atoms with van der Waals surface area (Å²) in [5.41, 5.74) is -0.0341. The number of ether oxygens (including phenoxy) is 2. The first-order valence-electron chi connectivity index (χ1n) is 6.95. The number of carbonyl (C=O) groups is 1. The highest BCUT2D eigenvalue weighted by Gasteiger charge is 2.43. The number of rotatable bonds is 4. The van der Waals surface area contributed by atoms with Crippen molar-refractivity contribution in [2.45, 2.75) is 31.7 Å². The summed E-state index contributed by atoms with van der Waals surface area (Å²) in [5, 5.41) is 2.10. The summed E-state index contributed by atoms with van der Waals surface area (Å²) in [7, 11) is 1.43. The molecule has 3 atom stereocenters. The van der Waals surface area contributed by atoms with Crippen LogP contribution < -0.4 is 10.1 Å². The van der Waals surface area contributed by atoms with Crippen molar-refractivity contribution in [2.75, 3.05) is 13.7 Å². The van der Waals surface area contributed by atoms with Gasteiger partial charge in [0.15, 0.2) is 6.04 Å². The Morgan fingerprint density at radius 1 is 1.36 bits per heavy atom. The standard InChI is InChI=1S/C15H18F3NO3/c1-9-12(7-8-22-9)14(20)19-13(15(16,17)18)10-3-5-11(21-2)6-4-10/h3-6,9,12-13H,7-8H2,1-2H3,(H,19,20)/t9-,12+,13-/m0/s1. The summed E-state index contributed by atoms with van der Waals surface area (Å²) in [4.78, 5) is 12.1. The Hall–Kier alpha value is -1.76. The lowest BCUT2D eigenvalue weighted by molar-refractivity contribution is -0.165. The van der Waals surface area contributed by atoms with E-state index in [1.165, 1.54) is 31.4 Å². The molecular weight excluding hydrogens is 299 g/mol. The fraction of sp³-hybridized carbons (Fsp3) is 0.533. The van der Waals surface area contributed by atoms with E-state index in [9.17, 15) is 18.0 Å². The number of halogens is 3. The van der Waals surface area contributed by atoms with Gasteiger partial charge in [-0.25, -0.2) is 0 Å². The molecule has 4 nitrogen and oxygen atoms in total. The van der Waals surface area contributed by atoms with E-state index in [2.05, 4.69) is 5.32 Å². The number of methoxy groups -OCH3 is 1. The minimum Gasteiger partial charge on any atom is -0.497 e. The third kappa shape index (κ3) is 3.71. The summed E-state index contributed by atoms with van der Waals surface area (Å²) in [6.07, 6.45) is -4.52. The SMILES string of the molecule is COc1ccc([C@H](NC(=O)[C@@H]2CCO[C@H]2C)C(F)(F)F)cc1. The topological polar surface area (TPSA) is 47.6 Å². The van der Waals surface area contributed by atoms with Crippen molar-refractivity contribution < 1.29 is 27.4 Å².